The lowest BCUT2D eigenvalue weighted by molar-refractivity contribution is -0.139. The highest BCUT2D eigenvalue weighted by atomic mass is 16.2. The highest BCUT2D eigenvalue weighted by molar-refractivity contribution is 5.87. The van der Waals surface area contributed by atoms with Crippen molar-refractivity contribution in [1.29, 1.82) is 0 Å². The number of nitrogens with zero attached hydrogens (tertiary/aromatic N) is 3. The van der Waals surface area contributed by atoms with Crippen LogP contribution < -0.4 is 5.32 Å². The summed E-state index contributed by atoms with van der Waals surface area (Å²) in [5, 5.41) is 2.93. The predicted octanol–water partition coefficient (Wildman–Crippen LogP) is 2.05. The summed E-state index contributed by atoms with van der Waals surface area (Å²) in [4.78, 5) is 31.0. The molecule has 2 fully saturated rings. The number of aromatic nitrogens is 2. The van der Waals surface area contributed by atoms with Crippen LogP contribution in [0.15, 0.2) is 12.4 Å². The third kappa shape index (κ3) is 3.62. The van der Waals surface area contributed by atoms with Gasteiger partial charge in [-0.3, -0.25) is 9.59 Å². The van der Waals surface area contributed by atoms with E-state index < -0.39 is 0 Å². The molecule has 2 amide bonds. The molecule has 0 radical (unpaired) electrons. The van der Waals surface area contributed by atoms with E-state index in [0.29, 0.717) is 6.54 Å². The van der Waals surface area contributed by atoms with E-state index in [1.807, 2.05) is 24.2 Å². The van der Waals surface area contributed by atoms with Gasteiger partial charge in [0, 0.05) is 32.4 Å². The molecular formula is C18H28N4O2. The summed E-state index contributed by atoms with van der Waals surface area (Å²) in [5.74, 6) is 1.26. The standard InChI is InChI=1S/C18H28N4O2/c1-13-19-9-11-22(13)16-8-5-10-21(12-16)18(24)17(20-14(2)23)15-6-3-4-7-15/h9,11,15-17H,3-8,10,12H2,1-2H3,(H,20,23)/t16-,17+/m0/s1. The molecule has 0 bridgehead atoms. The lowest BCUT2D eigenvalue weighted by Crippen LogP contribution is -2.53. The van der Waals surface area contributed by atoms with Gasteiger partial charge in [0.25, 0.3) is 0 Å². The van der Waals surface area contributed by atoms with Gasteiger partial charge in [-0.1, -0.05) is 12.8 Å². The summed E-state index contributed by atoms with van der Waals surface area (Å²) in [7, 11) is 0. The largest absolute Gasteiger partial charge is 0.344 e. The minimum absolute atomic E-state index is 0.0968. The average Bonchev–Trinajstić information content (AvgIpc) is 3.23. The van der Waals surface area contributed by atoms with Gasteiger partial charge in [0.15, 0.2) is 0 Å². The van der Waals surface area contributed by atoms with E-state index in [1.54, 1.807) is 0 Å². The second-order valence-electron chi connectivity index (χ2n) is 7.18. The minimum Gasteiger partial charge on any atom is -0.344 e. The average molecular weight is 332 g/mol. The molecule has 2 heterocycles. The highest BCUT2D eigenvalue weighted by Gasteiger charge is 2.36. The van der Waals surface area contributed by atoms with E-state index in [2.05, 4.69) is 14.9 Å². The molecule has 0 unspecified atom stereocenters. The summed E-state index contributed by atoms with van der Waals surface area (Å²) >= 11 is 0. The van der Waals surface area contributed by atoms with Gasteiger partial charge in [0.1, 0.15) is 11.9 Å². The Morgan fingerprint density at radius 2 is 2.00 bits per heavy atom. The van der Waals surface area contributed by atoms with Crippen molar-refractivity contribution in [3.05, 3.63) is 18.2 Å². The molecular weight excluding hydrogens is 304 g/mol. The number of rotatable bonds is 4. The summed E-state index contributed by atoms with van der Waals surface area (Å²) in [6.07, 6.45) is 10.3. The van der Waals surface area contributed by atoms with Crippen molar-refractivity contribution in [2.24, 2.45) is 5.92 Å². The fourth-order valence-electron chi connectivity index (χ4n) is 4.24. The molecule has 2 aliphatic rings. The maximum atomic E-state index is 13.1. The molecule has 1 aromatic rings. The van der Waals surface area contributed by atoms with E-state index in [-0.39, 0.29) is 29.8 Å². The Morgan fingerprint density at radius 3 is 2.62 bits per heavy atom. The first-order valence-electron chi connectivity index (χ1n) is 9.11. The lowest BCUT2D eigenvalue weighted by atomic mass is 9.95. The van der Waals surface area contributed by atoms with Crippen LogP contribution >= 0.6 is 0 Å². The quantitative estimate of drug-likeness (QED) is 0.917. The number of likely N-dealkylation sites (tertiary alicyclic amines) is 1. The SMILES string of the molecule is CC(=O)N[C@@H](C(=O)N1CCC[C@H](n2ccnc2C)C1)C1CCCC1. The van der Waals surface area contributed by atoms with Crippen LogP contribution in [-0.4, -0.2) is 45.4 Å². The molecule has 6 heteroatoms. The van der Waals surface area contributed by atoms with Crippen molar-refractivity contribution in [3.8, 4) is 0 Å². The first-order valence-corrected chi connectivity index (χ1v) is 9.11. The molecule has 0 aromatic carbocycles. The fourth-order valence-corrected chi connectivity index (χ4v) is 4.24. The minimum atomic E-state index is -0.354. The van der Waals surface area contributed by atoms with Gasteiger partial charge < -0.3 is 14.8 Å². The molecule has 0 spiro atoms. The Kier molecular flexibility index (Phi) is 5.21. The number of hydrogen-bond donors (Lipinski definition) is 1. The molecule has 1 saturated heterocycles. The van der Waals surface area contributed by atoms with E-state index in [4.69, 9.17) is 0 Å². The third-order valence-electron chi connectivity index (χ3n) is 5.46. The van der Waals surface area contributed by atoms with E-state index in [0.717, 1.165) is 50.9 Å². The number of nitrogens with one attached hydrogen (secondary N) is 1. The maximum Gasteiger partial charge on any atom is 0.245 e. The zero-order valence-electron chi connectivity index (χ0n) is 14.7. The van der Waals surface area contributed by atoms with Gasteiger partial charge in [0.2, 0.25) is 11.8 Å². The number of carbonyl (C=O) groups is 2. The molecule has 1 N–H and O–H groups in total. The molecule has 2 atom stereocenters. The van der Waals surface area contributed by atoms with Gasteiger partial charge in [0.05, 0.1) is 6.04 Å². The smallest absolute Gasteiger partial charge is 0.245 e. The van der Waals surface area contributed by atoms with Crippen molar-refractivity contribution in [2.75, 3.05) is 13.1 Å². The van der Waals surface area contributed by atoms with E-state index in [9.17, 15) is 9.59 Å². The van der Waals surface area contributed by atoms with Crippen LogP contribution in [0.4, 0.5) is 0 Å². The fraction of sp³-hybridized carbons (Fsp3) is 0.722. The van der Waals surface area contributed by atoms with Crippen LogP contribution in [0.25, 0.3) is 0 Å². The van der Waals surface area contributed by atoms with Gasteiger partial charge >= 0.3 is 0 Å². The van der Waals surface area contributed by atoms with Crippen LogP contribution in [0.1, 0.15) is 57.3 Å². The van der Waals surface area contributed by atoms with Crippen molar-refractivity contribution < 1.29 is 9.59 Å². The lowest BCUT2D eigenvalue weighted by Gasteiger charge is -2.37. The molecule has 24 heavy (non-hydrogen) atoms. The van der Waals surface area contributed by atoms with Crippen molar-refractivity contribution in [2.45, 2.75) is 64.5 Å². The number of carbonyl (C=O) groups excluding carboxylic acids is 2. The van der Waals surface area contributed by atoms with Gasteiger partial charge in [-0.2, -0.15) is 0 Å². The Bertz CT molecular complexity index is 592. The predicted molar refractivity (Wildman–Crippen MR) is 91.4 cm³/mol. The normalized spacial score (nSPS) is 23.2. The zero-order chi connectivity index (χ0) is 17.1. The van der Waals surface area contributed by atoms with Crippen molar-refractivity contribution in [1.82, 2.24) is 19.8 Å². The molecule has 1 aliphatic heterocycles. The number of imidazole rings is 1. The van der Waals surface area contributed by atoms with E-state index >= 15 is 0 Å². The van der Waals surface area contributed by atoms with Crippen LogP contribution in [0.2, 0.25) is 0 Å². The molecule has 132 valence electrons. The van der Waals surface area contributed by atoms with Crippen LogP contribution in [0, 0.1) is 12.8 Å². The molecule has 3 rings (SSSR count). The number of piperidine rings is 1. The molecule has 1 saturated carbocycles. The Labute approximate surface area is 143 Å². The summed E-state index contributed by atoms with van der Waals surface area (Å²) in [6, 6.07) is -0.0700. The van der Waals surface area contributed by atoms with Crippen LogP contribution in [-0.2, 0) is 9.59 Å². The van der Waals surface area contributed by atoms with Crippen LogP contribution in [0.5, 0.6) is 0 Å². The zero-order valence-corrected chi connectivity index (χ0v) is 14.7. The molecule has 6 nitrogen and oxygen atoms in total. The topological polar surface area (TPSA) is 67.2 Å². The Morgan fingerprint density at radius 1 is 1.25 bits per heavy atom. The molecule has 1 aromatic heterocycles. The number of amides is 2. The highest BCUT2D eigenvalue weighted by Crippen LogP contribution is 2.30. The summed E-state index contributed by atoms with van der Waals surface area (Å²) in [6.45, 7) is 4.99. The summed E-state index contributed by atoms with van der Waals surface area (Å²) in [5.41, 5.74) is 0. The van der Waals surface area contributed by atoms with E-state index in [1.165, 1.54) is 6.92 Å². The first-order chi connectivity index (χ1) is 11.6. The van der Waals surface area contributed by atoms with Gasteiger partial charge in [-0.05, 0) is 38.5 Å². The third-order valence-corrected chi connectivity index (χ3v) is 5.46. The van der Waals surface area contributed by atoms with Gasteiger partial charge in [-0.15, -0.1) is 0 Å². The Balaban J connectivity index is 1.71. The number of aryl methyl sites for hydroxylation is 1. The van der Waals surface area contributed by atoms with Crippen molar-refractivity contribution in [3.63, 3.8) is 0 Å². The number of hydrogen-bond acceptors (Lipinski definition) is 3. The second kappa shape index (κ2) is 7.36. The summed E-state index contributed by atoms with van der Waals surface area (Å²) < 4.78 is 2.17. The van der Waals surface area contributed by atoms with Crippen LogP contribution in [0.3, 0.4) is 0 Å². The Hall–Kier alpha value is -1.85. The van der Waals surface area contributed by atoms with Crippen molar-refractivity contribution >= 4 is 11.8 Å². The first kappa shape index (κ1) is 17.0. The van der Waals surface area contributed by atoms with Gasteiger partial charge in [-0.25, -0.2) is 4.98 Å². The molecule has 1 aliphatic carbocycles. The second-order valence-corrected chi connectivity index (χ2v) is 7.18. The maximum absolute atomic E-state index is 13.1. The monoisotopic (exact) mass is 332 g/mol.